The fourth-order valence-corrected chi connectivity index (χ4v) is 20.5. The Hall–Kier alpha value is -18.2. The van der Waals surface area contributed by atoms with Crippen molar-refractivity contribution < 1.29 is 57.8 Å². The van der Waals surface area contributed by atoms with Crippen LogP contribution in [-0.4, -0.2) is 0 Å². The number of anilines is 12. The first-order valence-corrected chi connectivity index (χ1v) is 46.2. The molecule has 2 aliphatic carbocycles. The van der Waals surface area contributed by atoms with Gasteiger partial charge in [0.05, 0.1) is 10.8 Å². The lowest BCUT2D eigenvalue weighted by Crippen LogP contribution is -2.30. The Morgan fingerprint density at radius 1 is 0.217 bits per heavy atom. The van der Waals surface area contributed by atoms with E-state index < -0.39 is 69.0 Å². The molecule has 20 aromatic carbocycles. The lowest BCUT2D eigenvalue weighted by molar-refractivity contribution is 0.473. The quantitative estimate of drug-likeness (QED) is 0.0441. The van der Waals surface area contributed by atoms with E-state index in [9.17, 15) is 8.78 Å². The largest absolute Gasteiger partial charge is 0.457 e. The van der Waals surface area contributed by atoms with E-state index in [2.05, 4.69) is 13.2 Å². The van der Waals surface area contributed by atoms with Crippen LogP contribution in [-0.2, 0) is 10.8 Å². The smallest absolute Gasteiger partial charge is 0.163 e. The molecule has 0 aliphatic heterocycles. The molecule has 0 saturated carbocycles. The highest BCUT2D eigenvalue weighted by Gasteiger charge is 2.51. The van der Waals surface area contributed by atoms with Crippen molar-refractivity contribution in [2.24, 2.45) is 0 Å². The molecule has 17 heteroatoms. The Bertz CT molecular complexity index is 8010. The average molecular weight is 1890 g/mol. The van der Waals surface area contributed by atoms with Crippen molar-refractivity contribution >= 4 is 102 Å². The van der Waals surface area contributed by atoms with Gasteiger partial charge in [-0.25, -0.2) is 43.9 Å². The molecule has 0 N–H and O–H groups in total. The number of fused-ring (bicyclic) bond motifs is 9. The number of hydrogen-bond donors (Lipinski definition) is 0. The van der Waals surface area contributed by atoms with Crippen molar-refractivity contribution in [3.05, 3.63) is 564 Å². The van der Waals surface area contributed by atoms with Crippen LogP contribution in [0.3, 0.4) is 0 Å². The third-order valence-corrected chi connectivity index (χ3v) is 27.1. The van der Waals surface area contributed by atoms with Gasteiger partial charge in [0.25, 0.3) is 0 Å². The Balaban J connectivity index is 0.541. The highest BCUT2D eigenvalue weighted by atomic mass is 19.2. The van der Waals surface area contributed by atoms with Crippen LogP contribution in [0.15, 0.2) is 454 Å². The van der Waals surface area contributed by atoms with E-state index in [-0.39, 0.29) is 11.1 Å². The normalized spacial score (nSPS) is 13.8. The summed E-state index contributed by atoms with van der Waals surface area (Å²) in [6, 6.07) is 127. The number of rotatable bonds is 24. The highest BCUT2D eigenvalue weighted by Crippen LogP contribution is 2.61. The van der Waals surface area contributed by atoms with Crippen molar-refractivity contribution in [3.8, 4) is 67.5 Å². The number of nitrogens with zero attached hydrogens (tertiary/aromatic N) is 4. The molecule has 2 unspecified atom stereocenters. The summed E-state index contributed by atoms with van der Waals surface area (Å²) in [6.45, 7) is 7.70. The third kappa shape index (κ3) is 15.9. The summed E-state index contributed by atoms with van der Waals surface area (Å²) in [5.74, 6) is -6.74. The van der Waals surface area contributed by atoms with Crippen LogP contribution in [0.25, 0.3) is 78.6 Å². The second kappa shape index (κ2) is 36.3. The van der Waals surface area contributed by atoms with Crippen molar-refractivity contribution in [2.45, 2.75) is 10.8 Å². The minimum Gasteiger partial charge on any atom is -0.457 e. The predicted octanol–water partition coefficient (Wildman–Crippen LogP) is 35.8. The van der Waals surface area contributed by atoms with Gasteiger partial charge in [-0.2, -0.15) is 0 Å². The first kappa shape index (κ1) is 88.7. The van der Waals surface area contributed by atoms with E-state index >= 15 is 35.1 Å². The molecule has 2 atom stereocenters. The van der Waals surface area contributed by atoms with Gasteiger partial charge in [0.15, 0.2) is 23.3 Å². The molecular weight excluding hydrogens is 1810 g/mol. The summed E-state index contributed by atoms with van der Waals surface area (Å²) in [5, 5.41) is 1.65. The monoisotopic (exact) mass is 1880 g/mol. The van der Waals surface area contributed by atoms with Crippen LogP contribution in [0.2, 0.25) is 0 Å². The lowest BCUT2D eigenvalue weighted by Gasteiger charge is -2.35. The zero-order valence-corrected chi connectivity index (χ0v) is 75.9. The molecule has 0 saturated heterocycles. The van der Waals surface area contributed by atoms with Crippen LogP contribution in [0.5, 0.6) is 23.0 Å². The summed E-state index contributed by atoms with van der Waals surface area (Å²) in [6.07, 6.45) is 3.46. The van der Waals surface area contributed by atoms with E-state index in [4.69, 9.17) is 13.9 Å². The van der Waals surface area contributed by atoms with E-state index in [1.807, 2.05) is 287 Å². The molecule has 0 bridgehead atoms. The van der Waals surface area contributed by atoms with Crippen molar-refractivity contribution in [2.75, 3.05) is 19.6 Å². The van der Waals surface area contributed by atoms with Crippen LogP contribution in [0, 0.1) is 58.2 Å². The summed E-state index contributed by atoms with van der Waals surface area (Å²) < 4.78 is 178. The van der Waals surface area contributed by atoms with Gasteiger partial charge >= 0.3 is 0 Å². The molecule has 0 radical (unpaired) electrons. The van der Waals surface area contributed by atoms with Gasteiger partial charge in [-0.3, -0.25) is 0 Å². The Morgan fingerprint density at radius 3 is 0.762 bits per heavy atom. The summed E-state index contributed by atoms with van der Waals surface area (Å²) >= 11 is 0. The summed E-state index contributed by atoms with van der Waals surface area (Å²) in [7, 11) is 0. The Labute approximate surface area is 816 Å². The molecule has 21 aromatic rings. The van der Waals surface area contributed by atoms with E-state index in [1.165, 1.54) is 48.5 Å². The van der Waals surface area contributed by atoms with Crippen molar-refractivity contribution in [1.29, 1.82) is 0 Å². The van der Waals surface area contributed by atoms with Crippen molar-refractivity contribution in [3.63, 3.8) is 0 Å². The second-order valence-corrected chi connectivity index (χ2v) is 35.2. The predicted molar refractivity (Wildman–Crippen MR) is 551 cm³/mol. The van der Waals surface area contributed by atoms with E-state index in [0.29, 0.717) is 148 Å². The third-order valence-electron chi connectivity index (χ3n) is 27.1. The Morgan fingerprint density at radius 2 is 0.469 bits per heavy atom. The first-order valence-electron chi connectivity index (χ1n) is 46.2. The molecule has 0 amide bonds. The zero-order valence-electron chi connectivity index (χ0n) is 75.9. The summed E-state index contributed by atoms with van der Waals surface area (Å²) in [5.41, 5.74) is 16.6. The van der Waals surface area contributed by atoms with E-state index in [1.54, 1.807) is 109 Å². The van der Waals surface area contributed by atoms with Gasteiger partial charge in [-0.15, -0.1) is 0 Å². The maximum atomic E-state index is 17.2. The molecule has 1 heterocycles. The van der Waals surface area contributed by atoms with Gasteiger partial charge in [-0.05, 0) is 344 Å². The van der Waals surface area contributed by atoms with Crippen molar-refractivity contribution in [1.82, 2.24) is 0 Å². The lowest BCUT2D eigenvalue weighted by atomic mass is 9.67. The maximum absolute atomic E-state index is 17.2. The standard InChI is InChI=1S/C126H78F10N4O3/c1-3-77-13-57-103(58-14-77)141-105-61-25-83(26-62-105)125(117-69-89(131)71-119(133)123(117)135)113-11-7-5-9-107(113)109-65-53-99(73-115(109)125)137(95-45-29-85(127)30-46-95)91-37-17-79(18-38-91)81-21-41-93(42-22-81)139(97-49-33-87(129)34-50-97)101-55-67-111-112-68-56-102(76-122(112)143-121(111)75-101)140(98-51-35-88(130)36-52-98)94-43-23-82(24-44-94)80-19-39-92(40-20-80)138(96-47-31-86(128)32-48-96)100-54-66-110-108-10-6-8-12-114(108)126(116(110)74-100,118-70-90(132)72-120(134)124(118)136)84-27-63-106(64-28-84)142-104-59-15-78(4-2)16-60-104/h3-76H,1-2H2. The molecule has 0 spiro atoms. The number of ether oxygens (including phenoxy) is 2. The topological polar surface area (TPSA) is 44.6 Å². The molecule has 23 rings (SSSR count). The second-order valence-electron chi connectivity index (χ2n) is 35.2. The van der Waals surface area contributed by atoms with Crippen LogP contribution in [0.4, 0.5) is 112 Å². The van der Waals surface area contributed by atoms with Gasteiger partial charge in [0.1, 0.15) is 69.1 Å². The van der Waals surface area contributed by atoms with Gasteiger partial charge in [-0.1, -0.05) is 183 Å². The minimum atomic E-state index is -1.64. The molecule has 690 valence electrons. The number of halogens is 10. The molecule has 2 aliphatic rings. The maximum Gasteiger partial charge on any atom is 0.163 e. The fourth-order valence-electron chi connectivity index (χ4n) is 20.5. The molecule has 0 fully saturated rings. The number of furan rings is 1. The molecule has 7 nitrogen and oxygen atoms in total. The molecule has 143 heavy (non-hydrogen) atoms. The zero-order chi connectivity index (χ0) is 97.5. The Kier molecular flexibility index (Phi) is 22.5. The van der Waals surface area contributed by atoms with Crippen LogP contribution < -0.4 is 29.1 Å². The van der Waals surface area contributed by atoms with Gasteiger partial charge < -0.3 is 33.5 Å². The number of hydrogen-bond acceptors (Lipinski definition) is 7. The number of benzene rings is 20. The highest BCUT2D eigenvalue weighted by molar-refractivity contribution is 6.08. The van der Waals surface area contributed by atoms with Crippen LogP contribution in [0.1, 0.15) is 55.6 Å². The van der Waals surface area contributed by atoms with Gasteiger partial charge in [0.2, 0.25) is 0 Å². The minimum absolute atomic E-state index is 0.237. The fraction of sp³-hybridized carbons (Fsp3) is 0.0159. The SMILES string of the molecule is C=Cc1ccc(Oc2ccc(C3(c4cc(F)cc(F)c4F)c4ccccc4-c4ccc(N(c5ccc(F)cc5)c5ccc(-c6ccc(N(c7ccc(F)cc7)c7ccc8c(c7)oc7cc(N(c9ccc(F)cc9)c9ccc(-c%10ccc(N(c%11ccc(F)cc%11)c%11ccc%12c(c%11)C(c%11ccc(Oc%13ccc(C=C)cc%13)cc%11)(c%11cc(F)cc(F)c%11F)c%11ccccc%11-%12)cc%10)cc9)ccc78)cc6)cc5)cc43)cc2)cc1. The summed E-state index contributed by atoms with van der Waals surface area (Å²) in [4.78, 5) is 7.91. The molecular formula is C126H78F10N4O3. The van der Waals surface area contributed by atoms with Gasteiger partial charge in [0, 0.05) is 114 Å². The molecule has 1 aromatic heterocycles. The first-order chi connectivity index (χ1) is 69.8. The van der Waals surface area contributed by atoms with Crippen LogP contribution >= 0.6 is 0 Å². The van der Waals surface area contributed by atoms with E-state index in [0.717, 1.165) is 78.8 Å². The average Bonchev–Trinajstić information content (AvgIpc) is 1.53.